The van der Waals surface area contributed by atoms with Crippen LogP contribution in [-0.4, -0.2) is 18.5 Å². The van der Waals surface area contributed by atoms with Crippen molar-refractivity contribution in [2.75, 3.05) is 6.61 Å². The van der Waals surface area contributed by atoms with Crippen molar-refractivity contribution in [3.8, 4) is 0 Å². The molecule has 1 aliphatic rings. The van der Waals surface area contributed by atoms with Crippen molar-refractivity contribution in [1.29, 1.82) is 0 Å². The summed E-state index contributed by atoms with van der Waals surface area (Å²) in [5.41, 5.74) is 0. The van der Waals surface area contributed by atoms with Crippen LogP contribution in [0.1, 0.15) is 20.3 Å². The normalized spacial score (nSPS) is 21.8. The van der Waals surface area contributed by atoms with Crippen LogP contribution in [0.4, 0.5) is 0 Å². The number of hydrogen-bond donors (Lipinski definition) is 0. The Hall–Kier alpha value is -1.32. The number of hydrogen-bond acceptors (Lipinski definition) is 4. The fourth-order valence-corrected chi connectivity index (χ4v) is 1.18. The number of carbonyl (C=O) groups excluding carboxylic acids is 2. The van der Waals surface area contributed by atoms with Gasteiger partial charge in [0.05, 0.1) is 18.9 Å². The number of cyclic esters (lactones) is 1. The highest BCUT2D eigenvalue weighted by molar-refractivity contribution is 5.83. The quantitative estimate of drug-likeness (QED) is 0.601. The number of ether oxygens (including phenoxy) is 2. The highest BCUT2D eigenvalue weighted by Gasteiger charge is 2.26. The first-order chi connectivity index (χ1) is 6.13. The molecule has 1 aliphatic heterocycles. The maximum Gasteiger partial charge on any atom is 0.313 e. The lowest BCUT2D eigenvalue weighted by molar-refractivity contribution is -0.153. The van der Waals surface area contributed by atoms with E-state index in [1.54, 1.807) is 19.9 Å². The molecule has 0 aliphatic carbocycles. The first-order valence-electron chi connectivity index (χ1n) is 4.19. The number of esters is 2. The van der Waals surface area contributed by atoms with Crippen LogP contribution in [0.5, 0.6) is 0 Å². The lowest BCUT2D eigenvalue weighted by atomic mass is 10.0. The number of allylic oxidation sites excluding steroid dienone is 1. The topological polar surface area (TPSA) is 52.6 Å². The van der Waals surface area contributed by atoms with Gasteiger partial charge >= 0.3 is 11.9 Å². The molecule has 0 unspecified atom stereocenters. The maximum absolute atomic E-state index is 11.2. The highest BCUT2D eigenvalue weighted by Crippen LogP contribution is 2.18. The first kappa shape index (κ1) is 9.77. The minimum atomic E-state index is -0.471. The monoisotopic (exact) mass is 184 g/mol. The Kier molecular flexibility index (Phi) is 3.06. The predicted molar refractivity (Wildman–Crippen MR) is 44.6 cm³/mol. The van der Waals surface area contributed by atoms with Gasteiger partial charge in [0.15, 0.2) is 0 Å². The molecule has 1 atom stereocenters. The van der Waals surface area contributed by atoms with Gasteiger partial charge in [-0.05, 0) is 19.9 Å². The number of carbonyl (C=O) groups is 2. The summed E-state index contributed by atoms with van der Waals surface area (Å²) in [4.78, 5) is 22.1. The Morgan fingerprint density at radius 2 is 2.46 bits per heavy atom. The Bertz CT molecular complexity index is 254. The van der Waals surface area contributed by atoms with E-state index in [9.17, 15) is 9.59 Å². The van der Waals surface area contributed by atoms with Crippen LogP contribution in [0.25, 0.3) is 0 Å². The average molecular weight is 184 g/mol. The molecule has 0 aromatic heterocycles. The summed E-state index contributed by atoms with van der Waals surface area (Å²) in [7, 11) is 0. The van der Waals surface area contributed by atoms with Crippen molar-refractivity contribution in [2.45, 2.75) is 20.3 Å². The van der Waals surface area contributed by atoms with E-state index in [0.717, 1.165) is 0 Å². The summed E-state index contributed by atoms with van der Waals surface area (Å²) < 4.78 is 9.55. The van der Waals surface area contributed by atoms with Crippen LogP contribution in [0.2, 0.25) is 0 Å². The van der Waals surface area contributed by atoms with E-state index in [1.807, 2.05) is 0 Å². The lowest BCUT2D eigenvalue weighted by Crippen LogP contribution is -2.24. The molecule has 0 saturated carbocycles. The summed E-state index contributed by atoms with van der Waals surface area (Å²) in [6.45, 7) is 3.70. The van der Waals surface area contributed by atoms with E-state index in [2.05, 4.69) is 0 Å². The summed E-state index contributed by atoms with van der Waals surface area (Å²) in [5.74, 6) is -0.743. The first-order valence-corrected chi connectivity index (χ1v) is 4.19. The molecule has 1 rings (SSSR count). The summed E-state index contributed by atoms with van der Waals surface area (Å²) in [6.07, 6.45) is 1.69. The van der Waals surface area contributed by atoms with Crippen LogP contribution in [0.3, 0.4) is 0 Å². The van der Waals surface area contributed by atoms with Crippen LogP contribution < -0.4 is 0 Å². The van der Waals surface area contributed by atoms with Gasteiger partial charge in [0.1, 0.15) is 5.76 Å². The zero-order valence-corrected chi connectivity index (χ0v) is 7.70. The molecule has 72 valence electrons. The van der Waals surface area contributed by atoms with Gasteiger partial charge in [-0.2, -0.15) is 0 Å². The number of rotatable bonds is 2. The van der Waals surface area contributed by atoms with Crippen molar-refractivity contribution < 1.29 is 19.1 Å². The molecule has 0 aromatic carbocycles. The van der Waals surface area contributed by atoms with Crippen molar-refractivity contribution in [2.24, 2.45) is 5.92 Å². The van der Waals surface area contributed by atoms with Crippen LogP contribution in [0.15, 0.2) is 11.8 Å². The van der Waals surface area contributed by atoms with Gasteiger partial charge in [-0.1, -0.05) is 0 Å². The summed E-state index contributed by atoms with van der Waals surface area (Å²) >= 11 is 0. The van der Waals surface area contributed by atoms with Crippen molar-refractivity contribution in [1.82, 2.24) is 0 Å². The largest absolute Gasteiger partial charge is 0.466 e. The lowest BCUT2D eigenvalue weighted by Gasteiger charge is -2.16. The second kappa shape index (κ2) is 4.07. The summed E-state index contributed by atoms with van der Waals surface area (Å²) in [5, 5.41) is 0. The third-order valence-electron chi connectivity index (χ3n) is 1.69. The minimum absolute atomic E-state index is 0.0795. The third kappa shape index (κ3) is 2.57. The van der Waals surface area contributed by atoms with E-state index in [0.29, 0.717) is 12.4 Å². The molecule has 0 fully saturated rings. The second-order valence-electron chi connectivity index (χ2n) is 2.81. The average Bonchev–Trinajstić information content (AvgIpc) is 2.03. The van der Waals surface area contributed by atoms with Gasteiger partial charge in [-0.15, -0.1) is 0 Å². The van der Waals surface area contributed by atoms with Crippen LogP contribution in [0, 0.1) is 5.92 Å². The molecule has 4 nitrogen and oxygen atoms in total. The molecule has 0 aromatic rings. The van der Waals surface area contributed by atoms with Gasteiger partial charge < -0.3 is 9.47 Å². The molecular weight excluding hydrogens is 172 g/mol. The zero-order valence-electron chi connectivity index (χ0n) is 7.70. The smallest absolute Gasteiger partial charge is 0.313 e. The van der Waals surface area contributed by atoms with Gasteiger partial charge in [-0.25, -0.2) is 0 Å². The second-order valence-corrected chi connectivity index (χ2v) is 2.81. The fraction of sp³-hybridized carbons (Fsp3) is 0.556. The molecular formula is C9H12O4. The molecule has 0 amide bonds. The van der Waals surface area contributed by atoms with Gasteiger partial charge in [0.2, 0.25) is 0 Å². The molecule has 0 saturated heterocycles. The van der Waals surface area contributed by atoms with Crippen LogP contribution >= 0.6 is 0 Å². The SMILES string of the molecule is CCOC(=O)[C@H]1C=C(C)OC(=O)C1. The third-order valence-corrected chi connectivity index (χ3v) is 1.69. The Morgan fingerprint density at radius 1 is 1.77 bits per heavy atom. The van der Waals surface area contributed by atoms with Crippen molar-refractivity contribution >= 4 is 11.9 Å². The molecule has 0 bridgehead atoms. The molecule has 0 spiro atoms. The van der Waals surface area contributed by atoms with Gasteiger partial charge in [-0.3, -0.25) is 9.59 Å². The minimum Gasteiger partial charge on any atom is -0.466 e. The Morgan fingerprint density at radius 3 is 3.00 bits per heavy atom. The predicted octanol–water partition coefficient (Wildman–Crippen LogP) is 1.02. The maximum atomic E-state index is 11.2. The molecule has 1 heterocycles. The standard InChI is InChI=1S/C9H12O4/c1-3-12-9(11)7-4-6(2)13-8(10)5-7/h4,7H,3,5H2,1-2H3/t7-/m0/s1. The Balaban J connectivity index is 2.64. The van der Waals surface area contributed by atoms with E-state index in [-0.39, 0.29) is 18.4 Å². The zero-order chi connectivity index (χ0) is 9.84. The van der Waals surface area contributed by atoms with Crippen LogP contribution in [-0.2, 0) is 19.1 Å². The van der Waals surface area contributed by atoms with Crippen molar-refractivity contribution in [3.05, 3.63) is 11.8 Å². The fourth-order valence-electron chi connectivity index (χ4n) is 1.18. The summed E-state index contributed by atoms with van der Waals surface area (Å²) in [6, 6.07) is 0. The Labute approximate surface area is 76.5 Å². The van der Waals surface area contributed by atoms with E-state index in [4.69, 9.17) is 9.47 Å². The highest BCUT2D eigenvalue weighted by atomic mass is 16.5. The molecule has 4 heteroatoms. The van der Waals surface area contributed by atoms with E-state index >= 15 is 0 Å². The molecule has 13 heavy (non-hydrogen) atoms. The van der Waals surface area contributed by atoms with Gasteiger partial charge in [0.25, 0.3) is 0 Å². The van der Waals surface area contributed by atoms with E-state index in [1.165, 1.54) is 0 Å². The van der Waals surface area contributed by atoms with E-state index < -0.39 is 5.92 Å². The molecule has 0 N–H and O–H groups in total. The van der Waals surface area contributed by atoms with Crippen molar-refractivity contribution in [3.63, 3.8) is 0 Å². The van der Waals surface area contributed by atoms with Gasteiger partial charge in [0, 0.05) is 0 Å². The molecule has 0 radical (unpaired) electrons.